The standard InChI is InChI=1S/C22H32N2O4/c1-5-6-12-17(20(26)27)23-13-14-24(21(28)22(2,3)4)18(19(23)25)15-16-10-8-7-9-11-16/h7-11,17-18H,5-6,12-15H2,1-4H3,(H,26,27)/t17-,18+/m0/s1. The van der Waals surface area contributed by atoms with Crippen molar-refractivity contribution in [3.8, 4) is 0 Å². The summed E-state index contributed by atoms with van der Waals surface area (Å²) in [4.78, 5) is 41.3. The summed E-state index contributed by atoms with van der Waals surface area (Å²) >= 11 is 0. The second kappa shape index (κ2) is 9.22. The number of unbranched alkanes of at least 4 members (excludes halogenated alkanes) is 1. The fourth-order valence-corrected chi connectivity index (χ4v) is 3.63. The van der Waals surface area contributed by atoms with Gasteiger partial charge in [0.2, 0.25) is 11.8 Å². The molecule has 1 aliphatic heterocycles. The number of amides is 2. The van der Waals surface area contributed by atoms with Crippen molar-refractivity contribution in [3.63, 3.8) is 0 Å². The van der Waals surface area contributed by atoms with Crippen LogP contribution in [0.25, 0.3) is 0 Å². The van der Waals surface area contributed by atoms with Gasteiger partial charge >= 0.3 is 5.97 Å². The van der Waals surface area contributed by atoms with Gasteiger partial charge in [-0.05, 0) is 12.0 Å². The number of aliphatic carboxylic acids is 1. The van der Waals surface area contributed by atoms with E-state index in [-0.39, 0.29) is 18.4 Å². The van der Waals surface area contributed by atoms with Gasteiger partial charge in [-0.25, -0.2) is 4.79 Å². The van der Waals surface area contributed by atoms with Crippen LogP contribution in [-0.2, 0) is 20.8 Å². The fraction of sp³-hybridized carbons (Fsp3) is 0.591. The molecule has 1 N–H and O–H groups in total. The van der Waals surface area contributed by atoms with Crippen LogP contribution in [0.15, 0.2) is 30.3 Å². The van der Waals surface area contributed by atoms with Gasteiger partial charge in [-0.3, -0.25) is 9.59 Å². The molecule has 1 fully saturated rings. The summed E-state index contributed by atoms with van der Waals surface area (Å²) < 4.78 is 0. The number of nitrogens with zero attached hydrogens (tertiary/aromatic N) is 2. The van der Waals surface area contributed by atoms with Crippen LogP contribution >= 0.6 is 0 Å². The average molecular weight is 389 g/mol. The predicted molar refractivity (Wildman–Crippen MR) is 108 cm³/mol. The molecule has 0 unspecified atom stereocenters. The van der Waals surface area contributed by atoms with E-state index in [0.29, 0.717) is 19.4 Å². The Morgan fingerprint density at radius 1 is 1.18 bits per heavy atom. The van der Waals surface area contributed by atoms with E-state index in [1.54, 1.807) is 4.90 Å². The Morgan fingerprint density at radius 2 is 1.82 bits per heavy atom. The third-order valence-corrected chi connectivity index (χ3v) is 5.19. The molecular formula is C22H32N2O4. The molecule has 0 aromatic heterocycles. The monoisotopic (exact) mass is 388 g/mol. The van der Waals surface area contributed by atoms with Gasteiger partial charge in [0.1, 0.15) is 12.1 Å². The second-order valence-electron chi connectivity index (χ2n) is 8.48. The normalized spacial score (nSPS) is 18.9. The molecule has 28 heavy (non-hydrogen) atoms. The topological polar surface area (TPSA) is 77.9 Å². The fourth-order valence-electron chi connectivity index (χ4n) is 3.63. The lowest BCUT2D eigenvalue weighted by molar-refractivity contribution is -0.162. The van der Waals surface area contributed by atoms with Gasteiger partial charge in [-0.1, -0.05) is 70.9 Å². The van der Waals surface area contributed by atoms with Crippen molar-refractivity contribution >= 4 is 17.8 Å². The second-order valence-corrected chi connectivity index (χ2v) is 8.48. The van der Waals surface area contributed by atoms with Crippen LogP contribution in [0, 0.1) is 5.41 Å². The SMILES string of the molecule is CCCC[C@@H](C(=O)O)N1CCN(C(=O)C(C)(C)C)[C@H](Cc2ccccc2)C1=O. The van der Waals surface area contributed by atoms with Crippen molar-refractivity contribution in [2.75, 3.05) is 13.1 Å². The van der Waals surface area contributed by atoms with E-state index in [1.807, 2.05) is 58.0 Å². The molecule has 1 aromatic rings. The smallest absolute Gasteiger partial charge is 0.326 e. The molecule has 2 rings (SSSR count). The number of carbonyl (C=O) groups is 3. The summed E-state index contributed by atoms with van der Waals surface area (Å²) in [6.45, 7) is 8.13. The molecule has 0 spiro atoms. The summed E-state index contributed by atoms with van der Waals surface area (Å²) in [6.07, 6.45) is 2.43. The van der Waals surface area contributed by atoms with E-state index in [1.165, 1.54) is 4.90 Å². The maximum absolute atomic E-state index is 13.3. The number of piperazine rings is 1. The average Bonchev–Trinajstić information content (AvgIpc) is 2.64. The Balaban J connectivity index is 2.33. The van der Waals surface area contributed by atoms with Crippen molar-refractivity contribution in [2.24, 2.45) is 5.41 Å². The molecule has 2 amide bonds. The van der Waals surface area contributed by atoms with E-state index < -0.39 is 23.5 Å². The van der Waals surface area contributed by atoms with Gasteiger partial charge in [-0.2, -0.15) is 0 Å². The van der Waals surface area contributed by atoms with Gasteiger partial charge in [0.15, 0.2) is 0 Å². The van der Waals surface area contributed by atoms with Gasteiger partial charge in [0, 0.05) is 24.9 Å². The van der Waals surface area contributed by atoms with Gasteiger partial charge < -0.3 is 14.9 Å². The number of rotatable bonds is 7. The lowest BCUT2D eigenvalue weighted by Crippen LogP contribution is -2.64. The molecular weight excluding hydrogens is 356 g/mol. The molecule has 0 bridgehead atoms. The van der Waals surface area contributed by atoms with Crippen molar-refractivity contribution in [1.82, 2.24) is 9.80 Å². The zero-order valence-corrected chi connectivity index (χ0v) is 17.4. The van der Waals surface area contributed by atoms with E-state index in [0.717, 1.165) is 18.4 Å². The third-order valence-electron chi connectivity index (χ3n) is 5.19. The summed E-state index contributed by atoms with van der Waals surface area (Å²) in [7, 11) is 0. The number of hydrogen-bond acceptors (Lipinski definition) is 3. The van der Waals surface area contributed by atoms with Crippen molar-refractivity contribution in [3.05, 3.63) is 35.9 Å². The summed E-state index contributed by atoms with van der Waals surface area (Å²) in [5, 5.41) is 9.68. The number of carbonyl (C=O) groups excluding carboxylic acids is 2. The van der Waals surface area contributed by atoms with Crippen LogP contribution < -0.4 is 0 Å². The van der Waals surface area contributed by atoms with E-state index in [9.17, 15) is 19.5 Å². The molecule has 1 saturated heterocycles. The van der Waals surface area contributed by atoms with Crippen LogP contribution in [0.3, 0.4) is 0 Å². The van der Waals surface area contributed by atoms with Crippen molar-refractivity contribution in [1.29, 1.82) is 0 Å². The van der Waals surface area contributed by atoms with Gasteiger partial charge in [0.25, 0.3) is 0 Å². The lowest BCUT2D eigenvalue weighted by atomic mass is 9.91. The van der Waals surface area contributed by atoms with Crippen molar-refractivity contribution in [2.45, 2.75) is 65.5 Å². The van der Waals surface area contributed by atoms with Crippen LogP contribution in [-0.4, -0.2) is 57.9 Å². The maximum Gasteiger partial charge on any atom is 0.326 e. The van der Waals surface area contributed by atoms with Crippen LogP contribution in [0.1, 0.15) is 52.5 Å². The van der Waals surface area contributed by atoms with Crippen LogP contribution in [0.4, 0.5) is 0 Å². The first-order valence-electron chi connectivity index (χ1n) is 10.0. The predicted octanol–water partition coefficient (Wildman–Crippen LogP) is 2.96. The van der Waals surface area contributed by atoms with E-state index in [2.05, 4.69) is 0 Å². The zero-order valence-electron chi connectivity index (χ0n) is 17.4. The molecule has 1 aliphatic rings. The summed E-state index contributed by atoms with van der Waals surface area (Å²) in [5.74, 6) is -1.33. The highest BCUT2D eigenvalue weighted by molar-refractivity contribution is 5.93. The molecule has 6 heteroatoms. The Kier molecular flexibility index (Phi) is 7.22. The molecule has 6 nitrogen and oxygen atoms in total. The Labute approximate surface area is 167 Å². The van der Waals surface area contributed by atoms with E-state index >= 15 is 0 Å². The molecule has 1 heterocycles. The summed E-state index contributed by atoms with van der Waals surface area (Å²) in [6, 6.07) is 8.05. The minimum absolute atomic E-state index is 0.0816. The first-order chi connectivity index (χ1) is 13.2. The highest BCUT2D eigenvalue weighted by Crippen LogP contribution is 2.26. The van der Waals surface area contributed by atoms with Crippen LogP contribution in [0.2, 0.25) is 0 Å². The molecule has 2 atom stereocenters. The largest absolute Gasteiger partial charge is 0.480 e. The maximum atomic E-state index is 13.3. The molecule has 1 aromatic carbocycles. The number of carboxylic acids is 1. The zero-order chi connectivity index (χ0) is 20.9. The van der Waals surface area contributed by atoms with Gasteiger partial charge in [-0.15, -0.1) is 0 Å². The Hall–Kier alpha value is -2.37. The Morgan fingerprint density at radius 3 is 2.36 bits per heavy atom. The number of hydrogen-bond donors (Lipinski definition) is 1. The molecule has 0 aliphatic carbocycles. The first kappa shape index (κ1) is 21.9. The highest BCUT2D eigenvalue weighted by Gasteiger charge is 2.43. The van der Waals surface area contributed by atoms with Gasteiger partial charge in [0.05, 0.1) is 0 Å². The van der Waals surface area contributed by atoms with Crippen LogP contribution in [0.5, 0.6) is 0 Å². The lowest BCUT2D eigenvalue weighted by Gasteiger charge is -2.44. The number of carboxylic acid groups (broad SMARTS) is 1. The van der Waals surface area contributed by atoms with Crippen molar-refractivity contribution < 1.29 is 19.5 Å². The first-order valence-corrected chi connectivity index (χ1v) is 10.0. The summed E-state index contributed by atoms with van der Waals surface area (Å²) in [5.41, 5.74) is 0.348. The number of benzene rings is 1. The highest BCUT2D eigenvalue weighted by atomic mass is 16.4. The molecule has 154 valence electrons. The minimum Gasteiger partial charge on any atom is -0.480 e. The third kappa shape index (κ3) is 5.12. The molecule has 0 radical (unpaired) electrons. The minimum atomic E-state index is -0.976. The van der Waals surface area contributed by atoms with E-state index in [4.69, 9.17) is 0 Å². The Bertz CT molecular complexity index is 696. The quantitative estimate of drug-likeness (QED) is 0.779. The molecule has 0 saturated carbocycles.